The van der Waals surface area contributed by atoms with E-state index < -0.39 is 17.4 Å². The van der Waals surface area contributed by atoms with Gasteiger partial charge in [0.2, 0.25) is 0 Å². The molecule has 0 aromatic carbocycles. The molecule has 1 aromatic heterocycles. The van der Waals surface area contributed by atoms with Crippen LogP contribution in [0.4, 0.5) is 8.78 Å². The molecule has 0 bridgehead atoms. The highest BCUT2D eigenvalue weighted by Crippen LogP contribution is 2.31. The third kappa shape index (κ3) is 2.23. The lowest BCUT2D eigenvalue weighted by Gasteiger charge is -2.11. The Morgan fingerprint density at radius 1 is 1.60 bits per heavy atom. The summed E-state index contributed by atoms with van der Waals surface area (Å²) in [6.45, 7) is 1.47. The molecule has 0 saturated heterocycles. The van der Waals surface area contributed by atoms with Crippen LogP contribution < -0.4 is 4.74 Å². The van der Waals surface area contributed by atoms with Crippen LogP contribution >= 0.6 is 11.6 Å². The molecule has 0 amide bonds. The molecule has 1 aromatic rings. The third-order valence-electron chi connectivity index (χ3n) is 1.93. The smallest absolute Gasteiger partial charge is 0.284 e. The summed E-state index contributed by atoms with van der Waals surface area (Å²) in [4.78, 5) is 14.3. The van der Waals surface area contributed by atoms with E-state index in [-0.39, 0.29) is 16.9 Å². The van der Waals surface area contributed by atoms with E-state index in [1.807, 2.05) is 0 Å². The zero-order valence-electron chi connectivity index (χ0n) is 8.05. The van der Waals surface area contributed by atoms with Crippen molar-refractivity contribution in [1.29, 1.82) is 0 Å². The van der Waals surface area contributed by atoms with E-state index in [1.54, 1.807) is 0 Å². The Balaban J connectivity index is 3.39. The van der Waals surface area contributed by atoms with E-state index in [2.05, 4.69) is 4.98 Å². The fourth-order valence-electron chi connectivity index (χ4n) is 1.22. The molecule has 0 aliphatic rings. The number of aromatic nitrogens is 1. The highest BCUT2D eigenvalue weighted by molar-refractivity contribution is 6.67. The summed E-state index contributed by atoms with van der Waals surface area (Å²) in [5, 5.41) is -0.751. The molecule has 0 unspecified atom stereocenters. The van der Waals surface area contributed by atoms with Crippen molar-refractivity contribution in [3.63, 3.8) is 0 Å². The molecule has 0 atom stereocenters. The zero-order chi connectivity index (χ0) is 11.6. The van der Waals surface area contributed by atoms with Gasteiger partial charge in [0.25, 0.3) is 11.7 Å². The molecule has 1 heterocycles. The van der Waals surface area contributed by atoms with Gasteiger partial charge in [-0.25, -0.2) is 8.78 Å². The predicted octanol–water partition coefficient (Wildman–Crippen LogP) is 2.72. The van der Waals surface area contributed by atoms with Crippen molar-refractivity contribution in [2.24, 2.45) is 0 Å². The van der Waals surface area contributed by atoms with Crippen molar-refractivity contribution in [1.82, 2.24) is 4.98 Å². The maximum atomic E-state index is 12.5. The molecule has 0 fully saturated rings. The number of nitrogens with zero attached hydrogens (tertiary/aromatic N) is 1. The van der Waals surface area contributed by atoms with Crippen LogP contribution in [0, 0.1) is 6.92 Å². The second-order valence-electron chi connectivity index (χ2n) is 2.79. The van der Waals surface area contributed by atoms with Gasteiger partial charge in [0.15, 0.2) is 0 Å². The summed E-state index contributed by atoms with van der Waals surface area (Å²) in [5.74, 6) is -0.100. The molecule has 82 valence electrons. The highest BCUT2D eigenvalue weighted by atomic mass is 35.5. The fourth-order valence-corrected chi connectivity index (χ4v) is 1.41. The topological polar surface area (TPSA) is 39.2 Å². The van der Waals surface area contributed by atoms with Crippen LogP contribution in [0.25, 0.3) is 0 Å². The Labute approximate surface area is 90.0 Å². The van der Waals surface area contributed by atoms with E-state index in [1.165, 1.54) is 14.0 Å². The molecule has 3 nitrogen and oxygen atoms in total. The summed E-state index contributed by atoms with van der Waals surface area (Å²) >= 11 is 5.25. The van der Waals surface area contributed by atoms with Crippen LogP contribution in [0.15, 0.2) is 6.20 Å². The fraction of sp³-hybridized carbons (Fsp3) is 0.333. The number of carbonyl (C=O) groups is 1. The first kappa shape index (κ1) is 11.8. The summed E-state index contributed by atoms with van der Waals surface area (Å²) in [6, 6.07) is 0. The molecular formula is C9H8ClF2NO2. The number of rotatable bonds is 3. The summed E-state index contributed by atoms with van der Waals surface area (Å²) < 4.78 is 29.7. The highest BCUT2D eigenvalue weighted by Gasteiger charge is 2.21. The van der Waals surface area contributed by atoms with Gasteiger partial charge >= 0.3 is 0 Å². The number of halogens is 3. The average molecular weight is 236 g/mol. The molecule has 0 aliphatic carbocycles. The molecule has 0 N–H and O–H groups in total. The number of carbonyl (C=O) groups excluding carboxylic acids is 1. The lowest BCUT2D eigenvalue weighted by atomic mass is 10.1. The maximum absolute atomic E-state index is 12.5. The summed E-state index contributed by atoms with van der Waals surface area (Å²) in [5.41, 5.74) is -0.155. The lowest BCUT2D eigenvalue weighted by molar-refractivity contribution is 0.107. The van der Waals surface area contributed by atoms with Crippen molar-refractivity contribution < 1.29 is 18.3 Å². The van der Waals surface area contributed by atoms with Gasteiger partial charge in [0.1, 0.15) is 11.4 Å². The van der Waals surface area contributed by atoms with Crippen LogP contribution in [0.2, 0.25) is 0 Å². The van der Waals surface area contributed by atoms with Crippen LogP contribution in [0.5, 0.6) is 5.75 Å². The second-order valence-corrected chi connectivity index (χ2v) is 3.13. The van der Waals surface area contributed by atoms with E-state index in [0.29, 0.717) is 0 Å². The number of ether oxygens (including phenoxy) is 1. The van der Waals surface area contributed by atoms with Gasteiger partial charge in [-0.1, -0.05) is 0 Å². The van der Waals surface area contributed by atoms with E-state index >= 15 is 0 Å². The van der Waals surface area contributed by atoms with Crippen LogP contribution in [0.1, 0.15) is 28.0 Å². The van der Waals surface area contributed by atoms with E-state index in [0.717, 1.165) is 6.20 Å². The van der Waals surface area contributed by atoms with Gasteiger partial charge in [-0.15, -0.1) is 0 Å². The molecular weight excluding hydrogens is 228 g/mol. The standard InChI is InChI=1S/C9H8ClF2NO2/c1-4-5(8(10)14)3-13-6(9(11)12)7(4)15-2/h3,9H,1-2H3. The van der Waals surface area contributed by atoms with Crippen LogP contribution in [-0.2, 0) is 0 Å². The van der Waals surface area contributed by atoms with Gasteiger partial charge in [0.05, 0.1) is 12.7 Å². The number of hydrogen-bond donors (Lipinski definition) is 0. The predicted molar refractivity (Wildman–Crippen MR) is 50.7 cm³/mol. The van der Waals surface area contributed by atoms with Crippen molar-refractivity contribution in [2.75, 3.05) is 7.11 Å². The minimum absolute atomic E-state index is 0.0675. The van der Waals surface area contributed by atoms with Gasteiger partial charge < -0.3 is 4.74 Å². The zero-order valence-corrected chi connectivity index (χ0v) is 8.81. The van der Waals surface area contributed by atoms with Crippen molar-refractivity contribution in [3.8, 4) is 5.75 Å². The Bertz CT molecular complexity index is 396. The number of methoxy groups -OCH3 is 1. The first-order valence-electron chi connectivity index (χ1n) is 4.00. The van der Waals surface area contributed by atoms with Crippen molar-refractivity contribution in [3.05, 3.63) is 23.0 Å². The first-order chi connectivity index (χ1) is 6.99. The number of alkyl halides is 2. The maximum Gasteiger partial charge on any atom is 0.284 e. The van der Waals surface area contributed by atoms with Crippen LogP contribution in [0.3, 0.4) is 0 Å². The molecule has 0 saturated carbocycles. The number of pyridine rings is 1. The first-order valence-corrected chi connectivity index (χ1v) is 4.38. The Morgan fingerprint density at radius 3 is 2.60 bits per heavy atom. The van der Waals surface area contributed by atoms with Gasteiger partial charge in [-0.3, -0.25) is 9.78 Å². The Kier molecular flexibility index (Phi) is 3.57. The lowest BCUT2D eigenvalue weighted by Crippen LogP contribution is -2.04. The average Bonchev–Trinajstić information content (AvgIpc) is 2.16. The molecule has 15 heavy (non-hydrogen) atoms. The number of hydrogen-bond acceptors (Lipinski definition) is 3. The second kappa shape index (κ2) is 4.53. The molecule has 0 spiro atoms. The monoisotopic (exact) mass is 235 g/mol. The SMILES string of the molecule is COc1c(C(F)F)ncc(C(=O)Cl)c1C. The molecule has 0 radical (unpaired) electrons. The summed E-state index contributed by atoms with van der Waals surface area (Å²) in [6.07, 6.45) is -1.73. The molecule has 6 heteroatoms. The van der Waals surface area contributed by atoms with Crippen LogP contribution in [-0.4, -0.2) is 17.3 Å². The Morgan fingerprint density at radius 2 is 2.20 bits per heavy atom. The third-order valence-corrected chi connectivity index (χ3v) is 2.14. The minimum Gasteiger partial charge on any atom is -0.494 e. The Hall–Kier alpha value is -1.23. The van der Waals surface area contributed by atoms with Crippen molar-refractivity contribution in [2.45, 2.75) is 13.3 Å². The van der Waals surface area contributed by atoms with E-state index in [4.69, 9.17) is 16.3 Å². The van der Waals surface area contributed by atoms with Crippen molar-refractivity contribution >= 4 is 16.8 Å². The summed E-state index contributed by atoms with van der Waals surface area (Å²) in [7, 11) is 1.23. The van der Waals surface area contributed by atoms with Gasteiger partial charge in [-0.05, 0) is 18.5 Å². The molecule has 0 aliphatic heterocycles. The molecule has 1 rings (SSSR count). The van der Waals surface area contributed by atoms with Gasteiger partial charge in [0, 0.05) is 11.8 Å². The minimum atomic E-state index is -2.75. The van der Waals surface area contributed by atoms with Gasteiger partial charge in [-0.2, -0.15) is 0 Å². The van der Waals surface area contributed by atoms with E-state index in [9.17, 15) is 13.6 Å². The largest absolute Gasteiger partial charge is 0.494 e. The quantitative estimate of drug-likeness (QED) is 0.756. The normalized spacial score (nSPS) is 10.5.